The first-order chi connectivity index (χ1) is 31.0. The van der Waals surface area contributed by atoms with Crippen molar-refractivity contribution in [2.24, 2.45) is 10.8 Å². The molecule has 2 aromatic carbocycles. The van der Waals surface area contributed by atoms with Crippen LogP contribution in [0.2, 0.25) is 0 Å². The molecule has 6 rings (SSSR count). The summed E-state index contributed by atoms with van der Waals surface area (Å²) >= 11 is 0. The third kappa shape index (κ3) is 16.3. The molecule has 0 unspecified atom stereocenters. The highest BCUT2D eigenvalue weighted by Gasteiger charge is 2.51. The highest BCUT2D eigenvalue weighted by atomic mass is 19.4. The van der Waals surface area contributed by atoms with Crippen LogP contribution in [0.25, 0.3) is 0 Å². The van der Waals surface area contributed by atoms with Crippen LogP contribution in [0.3, 0.4) is 0 Å². The van der Waals surface area contributed by atoms with Gasteiger partial charge in [0.25, 0.3) is 0 Å². The number of halogens is 3. The van der Waals surface area contributed by atoms with Gasteiger partial charge >= 0.3 is 24.0 Å². The van der Waals surface area contributed by atoms with Crippen LogP contribution in [0, 0.1) is 10.8 Å². The average molecular weight is 913 g/mol. The van der Waals surface area contributed by atoms with E-state index in [9.17, 15) is 32.7 Å². The fourth-order valence-corrected chi connectivity index (χ4v) is 11.0. The lowest BCUT2D eigenvalue weighted by Crippen LogP contribution is -2.56. The third-order valence-electron chi connectivity index (χ3n) is 14.7. The zero-order valence-electron chi connectivity index (χ0n) is 40.0. The lowest BCUT2D eigenvalue weighted by Gasteiger charge is -2.44. The number of carbonyl (C=O) groups excluding carboxylic acids is 2. The minimum Gasteiger partial charge on any atom is -0.480 e. The second-order valence-corrected chi connectivity index (χ2v) is 20.3. The molecule has 0 radical (unpaired) electrons. The van der Waals surface area contributed by atoms with Gasteiger partial charge in [-0.05, 0) is 173 Å². The molecule has 14 heteroatoms. The first-order valence-corrected chi connectivity index (χ1v) is 24.3. The summed E-state index contributed by atoms with van der Waals surface area (Å²) in [5.41, 5.74) is 3.17. The van der Waals surface area contributed by atoms with E-state index in [2.05, 4.69) is 76.6 Å². The summed E-state index contributed by atoms with van der Waals surface area (Å²) in [6.07, 6.45) is 8.53. The van der Waals surface area contributed by atoms with Crippen molar-refractivity contribution in [3.05, 3.63) is 71.8 Å². The second kappa shape index (κ2) is 25.0. The molecule has 2 aliphatic heterocycles. The molecule has 2 saturated heterocycles. The van der Waals surface area contributed by atoms with E-state index in [1.54, 1.807) is 0 Å². The van der Waals surface area contributed by atoms with E-state index < -0.39 is 42.1 Å². The van der Waals surface area contributed by atoms with Crippen LogP contribution in [0.15, 0.2) is 60.7 Å². The predicted molar refractivity (Wildman–Crippen MR) is 250 cm³/mol. The lowest BCUT2D eigenvalue weighted by atomic mass is 9.71. The fourth-order valence-electron chi connectivity index (χ4n) is 11.0. The summed E-state index contributed by atoms with van der Waals surface area (Å²) in [5.74, 6) is -3.39. The molecule has 2 aromatic rings. The largest absolute Gasteiger partial charge is 0.480 e. The highest BCUT2D eigenvalue weighted by Crippen LogP contribution is 2.47. The van der Waals surface area contributed by atoms with Gasteiger partial charge in [0.2, 0.25) is 0 Å². The van der Waals surface area contributed by atoms with Gasteiger partial charge in [0.05, 0.1) is 7.11 Å². The number of carboxylic acid groups (broad SMARTS) is 1. The Bertz CT molecular complexity index is 1730. The predicted octanol–water partition coefficient (Wildman–Crippen LogP) is 8.08. The van der Waals surface area contributed by atoms with E-state index in [0.29, 0.717) is 30.7 Å². The van der Waals surface area contributed by atoms with Crippen molar-refractivity contribution >= 4 is 17.8 Å². The summed E-state index contributed by atoms with van der Waals surface area (Å²) in [6, 6.07) is 19.1. The number of carboxylic acids is 1. The topological polar surface area (TPSA) is 109 Å². The number of hydrogen-bond donors (Lipinski definition) is 2. The lowest BCUT2D eigenvalue weighted by molar-refractivity contribution is -0.194. The van der Waals surface area contributed by atoms with Crippen molar-refractivity contribution in [2.75, 3.05) is 74.6 Å². The van der Waals surface area contributed by atoms with Gasteiger partial charge in [0, 0.05) is 38.3 Å². The maximum Gasteiger partial charge on any atom is 0.471 e. The van der Waals surface area contributed by atoms with E-state index in [1.165, 1.54) is 50.6 Å². The Balaban J connectivity index is 0.000000250. The molecule has 364 valence electrons. The van der Waals surface area contributed by atoms with Crippen LogP contribution < -0.4 is 5.32 Å². The molecule has 11 nitrogen and oxygen atoms in total. The standard InChI is InChI=1S/C27H40F3N3O3.C24H39N3O2/c1-31(2)17-8-7-11-23(24(34)36-3)33(25(35)27(28,29)30)22-12-14-26(15-13-22)16-18-32(20-26)19-21-9-5-4-6-10-21;1-26(2)16-7-6-10-22(23(28)29)25-21-11-13-24(14-12-21)15-17-27(19-24)18-20-8-4-3-5-9-20/h4-6,9-10,22-23H,7-8,11-20H2,1-3H3;3-5,8-9,21-22,25H,6-7,10-19H2,1-2H3,(H,28,29)/t22?,23-,26?;21?,22-,24?/m11/s1. The number of esters is 1. The minimum atomic E-state index is -5.04. The van der Waals surface area contributed by atoms with E-state index in [1.807, 2.05) is 37.2 Å². The van der Waals surface area contributed by atoms with Gasteiger partial charge in [-0.25, -0.2) is 4.79 Å². The van der Waals surface area contributed by atoms with Gasteiger partial charge in [0.15, 0.2) is 0 Å². The Hall–Kier alpha value is -3.56. The van der Waals surface area contributed by atoms with Gasteiger partial charge in [-0.3, -0.25) is 19.4 Å². The number of hydrogen-bond acceptors (Lipinski definition) is 9. The van der Waals surface area contributed by atoms with Gasteiger partial charge in [-0.2, -0.15) is 13.2 Å². The molecular weight excluding hydrogens is 834 g/mol. The van der Waals surface area contributed by atoms with Gasteiger partial charge in [0.1, 0.15) is 12.1 Å². The summed E-state index contributed by atoms with van der Waals surface area (Å²) in [6.45, 7) is 7.96. The normalized spacial score (nSPS) is 24.8. The number of likely N-dealkylation sites (tertiary alicyclic amines) is 2. The number of methoxy groups -OCH3 is 1. The van der Waals surface area contributed by atoms with Crippen molar-refractivity contribution in [3.63, 3.8) is 0 Å². The number of ether oxygens (including phenoxy) is 1. The minimum absolute atomic E-state index is 0.0602. The van der Waals surface area contributed by atoms with Crippen LogP contribution in [0.1, 0.15) is 114 Å². The first kappa shape index (κ1) is 52.4. The van der Waals surface area contributed by atoms with Crippen molar-refractivity contribution in [2.45, 2.75) is 146 Å². The quantitative estimate of drug-likeness (QED) is 0.100. The molecule has 0 bridgehead atoms. The number of rotatable bonds is 20. The van der Waals surface area contributed by atoms with Crippen molar-refractivity contribution in [1.29, 1.82) is 0 Å². The molecule has 65 heavy (non-hydrogen) atoms. The van der Waals surface area contributed by atoms with Gasteiger partial charge < -0.3 is 29.9 Å². The van der Waals surface area contributed by atoms with Gasteiger partial charge in [-0.1, -0.05) is 67.1 Å². The maximum absolute atomic E-state index is 13.7. The van der Waals surface area contributed by atoms with Crippen molar-refractivity contribution in [1.82, 2.24) is 29.8 Å². The smallest absolute Gasteiger partial charge is 0.471 e. The third-order valence-corrected chi connectivity index (χ3v) is 14.7. The summed E-state index contributed by atoms with van der Waals surface area (Å²) < 4.78 is 45.9. The van der Waals surface area contributed by atoms with Crippen LogP contribution in [-0.4, -0.2) is 152 Å². The monoisotopic (exact) mass is 913 g/mol. The number of nitrogens with zero attached hydrogens (tertiary/aromatic N) is 5. The fraction of sp³-hybridized carbons (Fsp3) is 0.706. The number of amides is 1. The zero-order chi connectivity index (χ0) is 47.0. The zero-order valence-corrected chi connectivity index (χ0v) is 40.0. The number of alkyl halides is 3. The molecule has 2 aliphatic carbocycles. The number of benzene rings is 2. The van der Waals surface area contributed by atoms with Crippen molar-refractivity contribution < 1.29 is 37.4 Å². The van der Waals surface area contributed by atoms with Crippen LogP contribution in [0.5, 0.6) is 0 Å². The molecule has 2 atom stereocenters. The molecule has 2 saturated carbocycles. The Kier molecular flexibility index (Phi) is 20.1. The molecule has 4 fully saturated rings. The summed E-state index contributed by atoms with van der Waals surface area (Å²) in [7, 11) is 9.13. The number of unbranched alkanes of at least 4 members (excludes halogenated alkanes) is 2. The molecule has 1 amide bonds. The maximum atomic E-state index is 13.7. The first-order valence-electron chi connectivity index (χ1n) is 24.3. The molecular formula is C51H79F3N6O5. The van der Waals surface area contributed by atoms with Crippen LogP contribution >= 0.6 is 0 Å². The Morgan fingerprint density at radius 2 is 1.18 bits per heavy atom. The molecule has 2 N–H and O–H groups in total. The number of nitrogens with one attached hydrogen (secondary N) is 1. The van der Waals surface area contributed by atoms with E-state index in [0.717, 1.165) is 102 Å². The van der Waals surface area contributed by atoms with E-state index in [4.69, 9.17) is 4.74 Å². The highest BCUT2D eigenvalue weighted by molar-refractivity contribution is 5.88. The molecule has 2 spiro atoms. The Morgan fingerprint density at radius 3 is 1.62 bits per heavy atom. The van der Waals surface area contributed by atoms with Crippen LogP contribution in [-0.2, 0) is 32.2 Å². The summed E-state index contributed by atoms with van der Waals surface area (Å²) in [4.78, 5) is 46.9. The van der Waals surface area contributed by atoms with Crippen LogP contribution in [0.4, 0.5) is 13.2 Å². The number of aliphatic carboxylic acids is 1. The average Bonchev–Trinajstić information content (AvgIpc) is 3.86. The second-order valence-electron chi connectivity index (χ2n) is 20.3. The number of carbonyl (C=O) groups is 3. The van der Waals surface area contributed by atoms with Gasteiger partial charge in [-0.15, -0.1) is 0 Å². The van der Waals surface area contributed by atoms with E-state index >= 15 is 0 Å². The molecule has 4 aliphatic rings. The molecule has 0 aromatic heterocycles. The Labute approximate surface area is 387 Å². The SMILES string of the molecule is CN(C)CCCC[C@@H](NC1CCC2(CC1)CCN(Cc1ccccc1)C2)C(=O)O.COC(=O)[C@@H](CCCCN(C)C)N(C(=O)C(F)(F)F)C1CCC2(CC1)CCN(Cc1ccccc1)C2. The molecule has 2 heterocycles. The van der Waals surface area contributed by atoms with Crippen molar-refractivity contribution in [3.8, 4) is 0 Å². The Morgan fingerprint density at radius 1 is 0.723 bits per heavy atom. The van der Waals surface area contributed by atoms with E-state index in [-0.39, 0.29) is 11.8 Å². The summed E-state index contributed by atoms with van der Waals surface area (Å²) in [5, 5.41) is 13.1.